The number of rotatable bonds is 4. The molecule has 0 bridgehead atoms. The molecule has 2 aromatic carbocycles. The Hall–Kier alpha value is -1.32. The average Bonchev–Trinajstić information content (AvgIpc) is 2.44. The predicted octanol–water partition coefficient (Wildman–Crippen LogP) is 4.30. The molecule has 2 N–H and O–H groups in total. The van der Waals surface area contributed by atoms with Crippen LogP contribution in [-0.4, -0.2) is 11.1 Å². The van der Waals surface area contributed by atoms with Crippen LogP contribution in [0.25, 0.3) is 0 Å². The third-order valence-corrected chi connectivity index (χ3v) is 4.49. The van der Waals surface area contributed by atoms with E-state index >= 15 is 0 Å². The van der Waals surface area contributed by atoms with Crippen molar-refractivity contribution in [2.45, 2.75) is 31.4 Å². The molecule has 0 amide bonds. The van der Waals surface area contributed by atoms with Crippen molar-refractivity contribution in [2.24, 2.45) is 0 Å². The number of halogens is 1. The van der Waals surface area contributed by atoms with E-state index < -0.39 is 0 Å². The zero-order valence-electron chi connectivity index (χ0n) is 11.2. The first-order valence-electron chi connectivity index (χ1n) is 6.96. The van der Waals surface area contributed by atoms with Crippen molar-refractivity contribution in [1.82, 2.24) is 0 Å². The van der Waals surface area contributed by atoms with Gasteiger partial charge in [-0.15, -0.1) is 0 Å². The topological polar surface area (TPSA) is 32.3 Å². The second-order valence-corrected chi connectivity index (χ2v) is 6.34. The van der Waals surface area contributed by atoms with Crippen molar-refractivity contribution < 1.29 is 5.11 Å². The van der Waals surface area contributed by atoms with Gasteiger partial charge in [0.1, 0.15) is 0 Å². The maximum Gasteiger partial charge on any atom is 0.0682 e. The van der Waals surface area contributed by atoms with Crippen LogP contribution in [0.3, 0.4) is 0 Å². The highest BCUT2D eigenvalue weighted by molar-refractivity contribution is 9.10. The van der Waals surface area contributed by atoms with Crippen molar-refractivity contribution in [3.63, 3.8) is 0 Å². The van der Waals surface area contributed by atoms with E-state index in [9.17, 15) is 0 Å². The molecule has 0 heterocycles. The molecule has 1 fully saturated rings. The zero-order valence-corrected chi connectivity index (χ0v) is 12.8. The SMILES string of the molecule is OCc1cccc(NC2CC(c3ccc(Br)cc3)C2)c1. The van der Waals surface area contributed by atoms with E-state index in [0.717, 1.165) is 15.7 Å². The first kappa shape index (κ1) is 13.7. The summed E-state index contributed by atoms with van der Waals surface area (Å²) in [6.45, 7) is 0.0989. The molecule has 0 unspecified atom stereocenters. The smallest absolute Gasteiger partial charge is 0.0682 e. The molecule has 2 aromatic rings. The fraction of sp³-hybridized carbons (Fsp3) is 0.294. The van der Waals surface area contributed by atoms with E-state index in [1.807, 2.05) is 18.2 Å². The van der Waals surface area contributed by atoms with Gasteiger partial charge in [-0.3, -0.25) is 0 Å². The quantitative estimate of drug-likeness (QED) is 0.875. The van der Waals surface area contributed by atoms with Crippen LogP contribution in [-0.2, 0) is 6.61 Å². The number of aliphatic hydroxyl groups is 1. The minimum atomic E-state index is 0.0989. The molecular weight excluding hydrogens is 314 g/mol. The molecule has 0 atom stereocenters. The molecule has 3 heteroatoms. The minimum Gasteiger partial charge on any atom is -0.392 e. The lowest BCUT2D eigenvalue weighted by Gasteiger charge is -2.37. The molecule has 2 nitrogen and oxygen atoms in total. The molecule has 3 rings (SSSR count). The first-order valence-corrected chi connectivity index (χ1v) is 7.75. The Labute approximate surface area is 128 Å². The van der Waals surface area contributed by atoms with Gasteiger partial charge in [0.25, 0.3) is 0 Å². The van der Waals surface area contributed by atoms with Crippen LogP contribution in [0.15, 0.2) is 53.0 Å². The average molecular weight is 332 g/mol. The van der Waals surface area contributed by atoms with Gasteiger partial charge in [-0.05, 0) is 54.2 Å². The van der Waals surface area contributed by atoms with Crippen molar-refractivity contribution in [3.8, 4) is 0 Å². The van der Waals surface area contributed by atoms with E-state index in [2.05, 4.69) is 51.6 Å². The number of anilines is 1. The molecule has 20 heavy (non-hydrogen) atoms. The Kier molecular flexibility index (Phi) is 4.08. The van der Waals surface area contributed by atoms with Gasteiger partial charge < -0.3 is 10.4 Å². The summed E-state index contributed by atoms with van der Waals surface area (Å²) in [6, 6.07) is 17.2. The van der Waals surface area contributed by atoms with Crippen LogP contribution in [0, 0.1) is 0 Å². The molecule has 1 saturated carbocycles. The van der Waals surface area contributed by atoms with Crippen LogP contribution in [0.4, 0.5) is 5.69 Å². The monoisotopic (exact) mass is 331 g/mol. The largest absolute Gasteiger partial charge is 0.392 e. The number of aliphatic hydroxyl groups excluding tert-OH is 1. The van der Waals surface area contributed by atoms with Crippen LogP contribution < -0.4 is 5.32 Å². The fourth-order valence-electron chi connectivity index (χ4n) is 2.74. The Bertz CT molecular complexity index is 576. The van der Waals surface area contributed by atoms with E-state index in [1.165, 1.54) is 18.4 Å². The van der Waals surface area contributed by atoms with Gasteiger partial charge >= 0.3 is 0 Å². The highest BCUT2D eigenvalue weighted by atomic mass is 79.9. The van der Waals surface area contributed by atoms with Crippen molar-refractivity contribution in [1.29, 1.82) is 0 Å². The summed E-state index contributed by atoms with van der Waals surface area (Å²) in [5.41, 5.74) is 3.49. The summed E-state index contributed by atoms with van der Waals surface area (Å²) < 4.78 is 1.14. The summed E-state index contributed by atoms with van der Waals surface area (Å²) in [5, 5.41) is 12.7. The molecule has 0 spiro atoms. The van der Waals surface area contributed by atoms with Gasteiger partial charge in [-0.2, -0.15) is 0 Å². The Morgan fingerprint density at radius 2 is 1.85 bits per heavy atom. The number of benzene rings is 2. The van der Waals surface area contributed by atoms with Crippen LogP contribution >= 0.6 is 15.9 Å². The van der Waals surface area contributed by atoms with E-state index in [0.29, 0.717) is 12.0 Å². The summed E-state index contributed by atoms with van der Waals surface area (Å²) in [4.78, 5) is 0. The highest BCUT2D eigenvalue weighted by Gasteiger charge is 2.30. The highest BCUT2D eigenvalue weighted by Crippen LogP contribution is 2.38. The van der Waals surface area contributed by atoms with Crippen molar-refractivity contribution >= 4 is 21.6 Å². The second kappa shape index (κ2) is 5.98. The maximum atomic E-state index is 9.15. The third kappa shape index (κ3) is 3.05. The Morgan fingerprint density at radius 1 is 1.10 bits per heavy atom. The lowest BCUT2D eigenvalue weighted by atomic mass is 9.76. The third-order valence-electron chi connectivity index (χ3n) is 3.96. The van der Waals surface area contributed by atoms with Crippen molar-refractivity contribution in [2.75, 3.05) is 5.32 Å². The normalized spacial score (nSPS) is 21.3. The van der Waals surface area contributed by atoms with Crippen LogP contribution in [0.2, 0.25) is 0 Å². The van der Waals surface area contributed by atoms with E-state index in [1.54, 1.807) is 0 Å². The minimum absolute atomic E-state index is 0.0989. The molecule has 0 aliphatic heterocycles. The van der Waals surface area contributed by atoms with Gasteiger partial charge in [-0.1, -0.05) is 40.2 Å². The molecule has 1 aliphatic rings. The maximum absolute atomic E-state index is 9.15. The molecule has 1 aliphatic carbocycles. The Balaban J connectivity index is 1.56. The molecule has 0 aromatic heterocycles. The van der Waals surface area contributed by atoms with Crippen LogP contribution in [0.5, 0.6) is 0 Å². The summed E-state index contributed by atoms with van der Waals surface area (Å²) in [5.74, 6) is 0.668. The summed E-state index contributed by atoms with van der Waals surface area (Å²) in [7, 11) is 0. The summed E-state index contributed by atoms with van der Waals surface area (Å²) >= 11 is 3.47. The standard InChI is InChI=1S/C17H18BrNO/c18-15-6-4-13(5-7-15)14-9-17(10-14)19-16-3-1-2-12(8-16)11-20/h1-8,14,17,19-20H,9-11H2. The van der Waals surface area contributed by atoms with Crippen molar-refractivity contribution in [3.05, 3.63) is 64.1 Å². The Morgan fingerprint density at radius 3 is 2.55 bits per heavy atom. The van der Waals surface area contributed by atoms with E-state index in [4.69, 9.17) is 5.11 Å². The lowest BCUT2D eigenvalue weighted by molar-refractivity contribution is 0.282. The summed E-state index contributed by atoms with van der Waals surface area (Å²) in [6.07, 6.45) is 2.34. The predicted molar refractivity (Wildman–Crippen MR) is 85.9 cm³/mol. The van der Waals surface area contributed by atoms with Gasteiger partial charge in [0.05, 0.1) is 6.61 Å². The fourth-order valence-corrected chi connectivity index (χ4v) is 3.00. The van der Waals surface area contributed by atoms with Crippen LogP contribution in [0.1, 0.15) is 29.9 Å². The number of hydrogen-bond acceptors (Lipinski definition) is 2. The van der Waals surface area contributed by atoms with E-state index in [-0.39, 0.29) is 6.61 Å². The zero-order chi connectivity index (χ0) is 13.9. The first-order chi connectivity index (χ1) is 9.74. The molecule has 104 valence electrons. The van der Waals surface area contributed by atoms with Gasteiger partial charge in [-0.25, -0.2) is 0 Å². The molecular formula is C17H18BrNO. The number of nitrogens with one attached hydrogen (secondary N) is 1. The second-order valence-electron chi connectivity index (χ2n) is 5.42. The van der Waals surface area contributed by atoms with Gasteiger partial charge in [0, 0.05) is 16.2 Å². The molecule has 0 radical (unpaired) electrons. The van der Waals surface area contributed by atoms with Gasteiger partial charge in [0.15, 0.2) is 0 Å². The molecule has 0 saturated heterocycles. The number of hydrogen-bond donors (Lipinski definition) is 2. The lowest BCUT2D eigenvalue weighted by Crippen LogP contribution is -2.33. The van der Waals surface area contributed by atoms with Gasteiger partial charge in [0.2, 0.25) is 0 Å².